The van der Waals surface area contributed by atoms with Crippen LogP contribution in [0.1, 0.15) is 56.6 Å². The van der Waals surface area contributed by atoms with E-state index in [9.17, 15) is 26.4 Å². The number of aliphatic carboxylic acids is 1. The second-order valence-electron chi connectivity index (χ2n) is 10.0. The van der Waals surface area contributed by atoms with Crippen molar-refractivity contribution in [1.29, 1.82) is 0 Å². The molecule has 0 spiro atoms. The monoisotopic (exact) mass is 584 g/mol. The maximum atomic E-state index is 14.0. The van der Waals surface area contributed by atoms with Crippen molar-refractivity contribution in [3.8, 4) is 11.6 Å². The lowest BCUT2D eigenvalue weighted by Crippen LogP contribution is -2.44. The number of aromatic nitrogens is 1. The largest absolute Gasteiger partial charge is 0.486 e. The molecule has 13 heteroatoms. The predicted molar refractivity (Wildman–Crippen MR) is 140 cm³/mol. The lowest BCUT2D eigenvalue weighted by Gasteiger charge is -2.36. The Kier molecular flexibility index (Phi) is 8.93. The molecule has 1 aliphatic carbocycles. The number of carboxylic acids is 1. The number of alkyl halides is 3. The molecule has 0 saturated heterocycles. The molecular formula is C27H31F3N2O7S. The lowest BCUT2D eigenvalue weighted by molar-refractivity contribution is -0.138. The molecule has 40 heavy (non-hydrogen) atoms. The third kappa shape index (κ3) is 6.87. The molecule has 1 fully saturated rings. The fraction of sp³-hybridized carbons (Fsp3) is 0.481. The number of hydrogen-bond acceptors (Lipinski definition) is 7. The Labute approximate surface area is 230 Å². The molecule has 1 saturated carbocycles. The third-order valence-electron chi connectivity index (χ3n) is 6.81. The minimum atomic E-state index is -4.88. The molecule has 0 radical (unpaired) electrons. The summed E-state index contributed by atoms with van der Waals surface area (Å²) >= 11 is 0. The number of carbonyl (C=O) groups is 1. The van der Waals surface area contributed by atoms with Crippen LogP contribution >= 0.6 is 0 Å². The Balaban J connectivity index is 1.81. The number of pyridine rings is 1. The highest BCUT2D eigenvalue weighted by atomic mass is 32.2. The van der Waals surface area contributed by atoms with E-state index in [-0.39, 0.29) is 30.8 Å². The molecule has 1 aromatic carbocycles. The van der Waals surface area contributed by atoms with Crippen LogP contribution in [0.25, 0.3) is 6.08 Å². The molecular weight excluding hydrogens is 553 g/mol. The van der Waals surface area contributed by atoms with Gasteiger partial charge < -0.3 is 19.7 Å². The standard InChI is InChI=1S/C27H31F3N2O7S/c1-17-3-2-4-18(11-17)12-19-5-7-23-22(13-19)32(16-21(39-23)6-8-25(34)35)40(36,37)24-14-20(27(28,29)30)15-31-26(24)38-10-9-33/h5,7,12-15,17,21,33H,2-4,6,8-11,16H2,1H3,(H,34,35). The third-order valence-corrected chi connectivity index (χ3v) is 8.59. The van der Waals surface area contributed by atoms with Crippen LogP contribution in [0.3, 0.4) is 0 Å². The molecule has 9 nitrogen and oxygen atoms in total. The van der Waals surface area contributed by atoms with Crippen molar-refractivity contribution in [2.24, 2.45) is 5.92 Å². The highest BCUT2D eigenvalue weighted by molar-refractivity contribution is 7.93. The van der Waals surface area contributed by atoms with E-state index in [0.29, 0.717) is 23.7 Å². The van der Waals surface area contributed by atoms with Gasteiger partial charge in [-0.25, -0.2) is 13.4 Å². The van der Waals surface area contributed by atoms with Crippen LogP contribution in [0.5, 0.6) is 11.6 Å². The van der Waals surface area contributed by atoms with E-state index in [4.69, 9.17) is 19.7 Å². The zero-order valence-electron chi connectivity index (χ0n) is 21.9. The highest BCUT2D eigenvalue weighted by Crippen LogP contribution is 2.42. The molecule has 2 N–H and O–H groups in total. The smallest absolute Gasteiger partial charge is 0.417 e. The molecule has 2 heterocycles. The van der Waals surface area contributed by atoms with Crippen molar-refractivity contribution in [3.05, 3.63) is 47.2 Å². The van der Waals surface area contributed by atoms with E-state index in [1.54, 1.807) is 18.2 Å². The van der Waals surface area contributed by atoms with Gasteiger partial charge in [0.2, 0.25) is 5.88 Å². The number of sulfonamides is 1. The van der Waals surface area contributed by atoms with Gasteiger partial charge in [-0.15, -0.1) is 0 Å². The number of nitrogens with zero attached hydrogens (tertiary/aromatic N) is 2. The van der Waals surface area contributed by atoms with Crippen molar-refractivity contribution < 1.29 is 46.1 Å². The fourth-order valence-electron chi connectivity index (χ4n) is 4.92. The summed E-state index contributed by atoms with van der Waals surface area (Å²) in [6, 6.07) is 5.39. The molecule has 0 bridgehead atoms. The molecule has 1 aliphatic heterocycles. The summed E-state index contributed by atoms with van der Waals surface area (Å²) in [5, 5.41) is 18.3. The first kappa shape index (κ1) is 29.7. The molecule has 2 aliphatic rings. The quantitative estimate of drug-likeness (QED) is 0.427. The summed E-state index contributed by atoms with van der Waals surface area (Å²) < 4.78 is 80.8. The van der Waals surface area contributed by atoms with Gasteiger partial charge in [0, 0.05) is 12.6 Å². The van der Waals surface area contributed by atoms with Gasteiger partial charge in [-0.2, -0.15) is 13.2 Å². The summed E-state index contributed by atoms with van der Waals surface area (Å²) in [7, 11) is -4.73. The minimum Gasteiger partial charge on any atom is -0.486 e. The van der Waals surface area contributed by atoms with Crippen molar-refractivity contribution in [1.82, 2.24) is 4.98 Å². The van der Waals surface area contributed by atoms with E-state index in [1.165, 1.54) is 5.57 Å². The number of benzene rings is 1. The second kappa shape index (κ2) is 12.0. The van der Waals surface area contributed by atoms with Crippen LogP contribution in [-0.4, -0.2) is 55.4 Å². The van der Waals surface area contributed by atoms with Gasteiger partial charge in [-0.1, -0.05) is 31.1 Å². The number of hydrogen-bond donors (Lipinski definition) is 2. The number of anilines is 1. The van der Waals surface area contributed by atoms with Crippen molar-refractivity contribution in [2.75, 3.05) is 24.1 Å². The summed E-state index contributed by atoms with van der Waals surface area (Å²) in [4.78, 5) is 13.9. The fourth-order valence-corrected chi connectivity index (χ4v) is 6.53. The van der Waals surface area contributed by atoms with Crippen molar-refractivity contribution in [3.63, 3.8) is 0 Å². The van der Waals surface area contributed by atoms with Gasteiger partial charge in [0.25, 0.3) is 10.0 Å². The summed E-state index contributed by atoms with van der Waals surface area (Å²) in [6.45, 7) is 0.919. The van der Waals surface area contributed by atoms with Crippen molar-refractivity contribution >= 4 is 27.8 Å². The van der Waals surface area contributed by atoms with E-state index in [0.717, 1.165) is 30.0 Å². The number of halogens is 3. The number of carboxylic acid groups (broad SMARTS) is 1. The Bertz CT molecular complexity index is 1380. The number of fused-ring (bicyclic) bond motifs is 1. The van der Waals surface area contributed by atoms with E-state index >= 15 is 0 Å². The van der Waals surface area contributed by atoms with Gasteiger partial charge >= 0.3 is 12.1 Å². The van der Waals surface area contributed by atoms with Gasteiger partial charge in [-0.3, -0.25) is 9.10 Å². The maximum absolute atomic E-state index is 14.0. The van der Waals surface area contributed by atoms with Gasteiger partial charge in [-0.05, 0) is 55.4 Å². The first-order chi connectivity index (χ1) is 18.9. The van der Waals surface area contributed by atoms with Crippen LogP contribution < -0.4 is 13.8 Å². The van der Waals surface area contributed by atoms with Gasteiger partial charge in [0.05, 0.1) is 24.4 Å². The molecule has 0 amide bonds. The van der Waals surface area contributed by atoms with Crippen LogP contribution in [0.15, 0.2) is 40.9 Å². The summed E-state index contributed by atoms with van der Waals surface area (Å²) in [5.41, 5.74) is 0.735. The molecule has 4 rings (SSSR count). The zero-order valence-corrected chi connectivity index (χ0v) is 22.7. The lowest BCUT2D eigenvalue weighted by atomic mass is 9.86. The van der Waals surface area contributed by atoms with Crippen LogP contribution in [0.2, 0.25) is 0 Å². The normalized spacial score (nSPS) is 20.6. The topological polar surface area (TPSA) is 126 Å². The van der Waals surface area contributed by atoms with Gasteiger partial charge in [0.1, 0.15) is 18.5 Å². The average molecular weight is 585 g/mol. The number of aliphatic hydroxyl groups is 1. The number of allylic oxidation sites excluding steroid dienone is 1. The molecule has 2 aromatic rings. The first-order valence-electron chi connectivity index (χ1n) is 12.9. The molecule has 2 atom stereocenters. The average Bonchev–Trinajstić information content (AvgIpc) is 2.89. The molecule has 218 valence electrons. The van der Waals surface area contributed by atoms with Gasteiger partial charge in [0.15, 0.2) is 4.90 Å². The van der Waals surface area contributed by atoms with E-state index in [1.807, 2.05) is 6.08 Å². The summed E-state index contributed by atoms with van der Waals surface area (Å²) in [6.07, 6.45) is 0.372. The Hall–Kier alpha value is -3.32. The van der Waals surface area contributed by atoms with Crippen LogP contribution in [0.4, 0.5) is 18.9 Å². The Morgan fingerprint density at radius 1 is 1.30 bits per heavy atom. The van der Waals surface area contributed by atoms with E-state index < -0.39 is 57.8 Å². The highest BCUT2D eigenvalue weighted by Gasteiger charge is 2.39. The zero-order chi connectivity index (χ0) is 29.1. The minimum absolute atomic E-state index is 0.0286. The summed E-state index contributed by atoms with van der Waals surface area (Å²) in [5.74, 6) is -1.01. The Morgan fingerprint density at radius 3 is 2.75 bits per heavy atom. The SMILES string of the molecule is CC1CCCC(=Cc2ccc3c(c2)N(S(=O)(=O)c2cc(C(F)(F)F)cnc2OCCO)CC(CCC(=O)O)O3)C1. The van der Waals surface area contributed by atoms with Crippen LogP contribution in [-0.2, 0) is 21.0 Å². The Morgan fingerprint density at radius 2 is 2.08 bits per heavy atom. The number of rotatable bonds is 9. The molecule has 1 aromatic heterocycles. The maximum Gasteiger partial charge on any atom is 0.417 e. The van der Waals surface area contributed by atoms with E-state index in [2.05, 4.69) is 11.9 Å². The van der Waals surface area contributed by atoms with Crippen LogP contribution in [0, 0.1) is 5.92 Å². The number of aliphatic hydroxyl groups excluding tert-OH is 1. The first-order valence-corrected chi connectivity index (χ1v) is 14.4. The van der Waals surface area contributed by atoms with Crippen molar-refractivity contribution in [2.45, 2.75) is 62.6 Å². The molecule has 2 unspecified atom stereocenters. The number of ether oxygens (including phenoxy) is 2. The predicted octanol–water partition coefficient (Wildman–Crippen LogP) is 4.89. The second-order valence-corrected chi connectivity index (χ2v) is 11.9.